The van der Waals surface area contributed by atoms with E-state index in [0.717, 1.165) is 32.1 Å². The molecule has 1 heterocycles. The molecule has 0 amide bonds. The molecule has 0 aromatic carbocycles. The molecule has 12 heavy (non-hydrogen) atoms. The van der Waals surface area contributed by atoms with Crippen LogP contribution >= 0.6 is 0 Å². The van der Waals surface area contributed by atoms with Gasteiger partial charge in [0, 0.05) is 13.1 Å². The summed E-state index contributed by atoms with van der Waals surface area (Å²) < 4.78 is 0. The molecule has 3 N–H and O–H groups in total. The minimum atomic E-state index is 0.270. The monoisotopic (exact) mass is 172 g/mol. The summed E-state index contributed by atoms with van der Waals surface area (Å²) in [6.45, 7) is 6.32. The van der Waals surface area contributed by atoms with Crippen LogP contribution in [0.2, 0.25) is 0 Å². The Morgan fingerprint density at radius 3 is 2.92 bits per heavy atom. The number of nitrogens with zero attached hydrogens (tertiary/aromatic N) is 1. The Morgan fingerprint density at radius 1 is 1.58 bits per heavy atom. The predicted molar refractivity (Wildman–Crippen MR) is 49.9 cm³/mol. The van der Waals surface area contributed by atoms with E-state index in [1.807, 2.05) is 0 Å². The molecule has 1 aliphatic rings. The molecule has 0 saturated carbocycles. The van der Waals surface area contributed by atoms with E-state index in [2.05, 4.69) is 11.8 Å². The summed E-state index contributed by atoms with van der Waals surface area (Å²) >= 11 is 0. The second-order valence-electron chi connectivity index (χ2n) is 3.79. The highest BCUT2D eigenvalue weighted by Gasteiger charge is 2.24. The molecular weight excluding hydrogens is 152 g/mol. The molecule has 1 rings (SSSR count). The van der Waals surface area contributed by atoms with E-state index in [-0.39, 0.29) is 6.61 Å². The van der Waals surface area contributed by atoms with Crippen molar-refractivity contribution in [2.24, 2.45) is 17.6 Å². The lowest BCUT2D eigenvalue weighted by atomic mass is 9.87. The van der Waals surface area contributed by atoms with Gasteiger partial charge in [0.1, 0.15) is 0 Å². The maximum absolute atomic E-state index is 8.77. The summed E-state index contributed by atoms with van der Waals surface area (Å²) in [5, 5.41) is 8.77. The van der Waals surface area contributed by atoms with Crippen LogP contribution in [0.5, 0.6) is 0 Å². The van der Waals surface area contributed by atoms with Crippen LogP contribution < -0.4 is 5.73 Å². The maximum atomic E-state index is 8.77. The Morgan fingerprint density at radius 2 is 2.33 bits per heavy atom. The second kappa shape index (κ2) is 4.80. The largest absolute Gasteiger partial charge is 0.395 e. The molecule has 0 spiro atoms. The van der Waals surface area contributed by atoms with Crippen LogP contribution in [0, 0.1) is 11.8 Å². The lowest BCUT2D eigenvalue weighted by Crippen LogP contribution is -2.43. The van der Waals surface area contributed by atoms with Gasteiger partial charge in [0.05, 0.1) is 6.61 Å². The minimum Gasteiger partial charge on any atom is -0.395 e. The number of rotatable bonds is 3. The fourth-order valence-corrected chi connectivity index (χ4v) is 1.88. The molecular formula is C9H20N2O. The number of aliphatic hydroxyl groups excluding tert-OH is 1. The number of aliphatic hydroxyl groups is 1. The molecule has 72 valence electrons. The normalized spacial score (nSPS) is 32.2. The number of piperidine rings is 1. The van der Waals surface area contributed by atoms with Crippen molar-refractivity contribution >= 4 is 0 Å². The zero-order valence-corrected chi connectivity index (χ0v) is 7.87. The fraction of sp³-hybridized carbons (Fsp3) is 1.00. The van der Waals surface area contributed by atoms with Gasteiger partial charge in [0.25, 0.3) is 0 Å². The quantitative estimate of drug-likeness (QED) is 0.625. The molecule has 0 aliphatic carbocycles. The van der Waals surface area contributed by atoms with E-state index in [1.165, 1.54) is 6.42 Å². The Hall–Kier alpha value is -0.120. The number of likely N-dealkylation sites (tertiary alicyclic amines) is 1. The van der Waals surface area contributed by atoms with Gasteiger partial charge in [-0.15, -0.1) is 0 Å². The number of hydrogen-bond acceptors (Lipinski definition) is 3. The highest BCUT2D eigenvalue weighted by molar-refractivity contribution is 4.78. The summed E-state index contributed by atoms with van der Waals surface area (Å²) in [4.78, 5) is 2.30. The van der Waals surface area contributed by atoms with Crippen LogP contribution in [-0.2, 0) is 0 Å². The van der Waals surface area contributed by atoms with E-state index in [0.29, 0.717) is 5.92 Å². The highest BCUT2D eigenvalue weighted by Crippen LogP contribution is 2.21. The van der Waals surface area contributed by atoms with E-state index >= 15 is 0 Å². The van der Waals surface area contributed by atoms with Gasteiger partial charge in [0.2, 0.25) is 0 Å². The lowest BCUT2D eigenvalue weighted by Gasteiger charge is -2.36. The van der Waals surface area contributed by atoms with Crippen molar-refractivity contribution in [2.75, 3.05) is 32.8 Å². The van der Waals surface area contributed by atoms with E-state index in [4.69, 9.17) is 10.8 Å². The Labute approximate surface area is 74.5 Å². The predicted octanol–water partition coefficient (Wildman–Crippen LogP) is -0.105. The summed E-state index contributed by atoms with van der Waals surface area (Å²) in [5.41, 5.74) is 5.66. The standard InChI is InChI=1S/C9H20N2O/c1-8-2-3-11(4-5-12)7-9(8)6-10/h8-9,12H,2-7,10H2,1H3. The van der Waals surface area contributed by atoms with E-state index in [9.17, 15) is 0 Å². The third-order valence-electron chi connectivity index (χ3n) is 2.92. The van der Waals surface area contributed by atoms with Crippen molar-refractivity contribution < 1.29 is 5.11 Å². The topological polar surface area (TPSA) is 49.5 Å². The van der Waals surface area contributed by atoms with Gasteiger partial charge < -0.3 is 15.7 Å². The molecule has 3 heteroatoms. The number of β-amino-alcohol motifs (C(OH)–C–C–N with tert-alkyl or cyclic N) is 1. The van der Waals surface area contributed by atoms with Gasteiger partial charge in [-0.1, -0.05) is 6.92 Å². The van der Waals surface area contributed by atoms with Crippen LogP contribution in [0.1, 0.15) is 13.3 Å². The van der Waals surface area contributed by atoms with E-state index in [1.54, 1.807) is 0 Å². The van der Waals surface area contributed by atoms with Gasteiger partial charge in [-0.2, -0.15) is 0 Å². The minimum absolute atomic E-state index is 0.270. The smallest absolute Gasteiger partial charge is 0.0558 e. The van der Waals surface area contributed by atoms with Crippen LogP contribution in [-0.4, -0.2) is 42.8 Å². The van der Waals surface area contributed by atoms with Crippen molar-refractivity contribution in [2.45, 2.75) is 13.3 Å². The first-order valence-corrected chi connectivity index (χ1v) is 4.81. The Kier molecular flexibility index (Phi) is 3.98. The van der Waals surface area contributed by atoms with Crippen molar-refractivity contribution in [1.82, 2.24) is 4.90 Å². The molecule has 1 saturated heterocycles. The maximum Gasteiger partial charge on any atom is 0.0558 e. The van der Waals surface area contributed by atoms with Gasteiger partial charge in [-0.3, -0.25) is 0 Å². The van der Waals surface area contributed by atoms with Gasteiger partial charge in [0.15, 0.2) is 0 Å². The molecule has 0 aromatic heterocycles. The number of nitrogens with two attached hydrogens (primary N) is 1. The molecule has 2 unspecified atom stereocenters. The molecule has 0 bridgehead atoms. The average Bonchev–Trinajstić information content (AvgIpc) is 2.09. The van der Waals surface area contributed by atoms with Crippen molar-refractivity contribution in [3.8, 4) is 0 Å². The third kappa shape index (κ3) is 2.44. The van der Waals surface area contributed by atoms with Crippen LogP contribution in [0.25, 0.3) is 0 Å². The van der Waals surface area contributed by atoms with Crippen molar-refractivity contribution in [3.63, 3.8) is 0 Å². The first kappa shape index (κ1) is 9.96. The Bertz CT molecular complexity index is 130. The summed E-state index contributed by atoms with van der Waals surface area (Å²) in [7, 11) is 0. The summed E-state index contributed by atoms with van der Waals surface area (Å²) in [6.07, 6.45) is 1.22. The second-order valence-corrected chi connectivity index (χ2v) is 3.79. The summed E-state index contributed by atoms with van der Waals surface area (Å²) in [6, 6.07) is 0. The molecule has 0 radical (unpaired) electrons. The molecule has 3 nitrogen and oxygen atoms in total. The van der Waals surface area contributed by atoms with Gasteiger partial charge >= 0.3 is 0 Å². The zero-order valence-electron chi connectivity index (χ0n) is 7.87. The lowest BCUT2D eigenvalue weighted by molar-refractivity contribution is 0.110. The number of hydrogen-bond donors (Lipinski definition) is 2. The van der Waals surface area contributed by atoms with Crippen LogP contribution in [0.4, 0.5) is 0 Å². The molecule has 2 atom stereocenters. The zero-order chi connectivity index (χ0) is 8.97. The van der Waals surface area contributed by atoms with Crippen LogP contribution in [0.3, 0.4) is 0 Å². The van der Waals surface area contributed by atoms with Gasteiger partial charge in [-0.05, 0) is 31.3 Å². The average molecular weight is 172 g/mol. The first-order chi connectivity index (χ1) is 5.77. The van der Waals surface area contributed by atoms with Gasteiger partial charge in [-0.25, -0.2) is 0 Å². The molecule has 1 aliphatic heterocycles. The molecule has 1 fully saturated rings. The third-order valence-corrected chi connectivity index (χ3v) is 2.92. The van der Waals surface area contributed by atoms with Crippen LogP contribution in [0.15, 0.2) is 0 Å². The summed E-state index contributed by atoms with van der Waals surface area (Å²) in [5.74, 6) is 1.38. The highest BCUT2D eigenvalue weighted by atomic mass is 16.3. The Balaban J connectivity index is 2.33. The SMILES string of the molecule is CC1CCN(CCO)CC1CN. The van der Waals surface area contributed by atoms with E-state index < -0.39 is 0 Å². The van der Waals surface area contributed by atoms with Crippen molar-refractivity contribution in [3.05, 3.63) is 0 Å². The van der Waals surface area contributed by atoms with Crippen molar-refractivity contribution in [1.29, 1.82) is 0 Å². The molecule has 0 aromatic rings. The first-order valence-electron chi connectivity index (χ1n) is 4.81. The fourth-order valence-electron chi connectivity index (χ4n) is 1.88.